The number of ether oxygens (including phenoxy) is 1. The molecule has 1 aliphatic rings. The maximum Gasteiger partial charge on any atom is 0.251 e. The molecule has 0 spiro atoms. The summed E-state index contributed by atoms with van der Waals surface area (Å²) in [6.45, 7) is 4.38. The second-order valence-corrected chi connectivity index (χ2v) is 7.71. The molecule has 1 aromatic carbocycles. The van der Waals surface area contributed by atoms with Crippen LogP contribution in [-0.4, -0.2) is 32.6 Å². The van der Waals surface area contributed by atoms with Crippen LogP contribution < -0.4 is 10.5 Å². The second kappa shape index (κ2) is 5.68. The number of hydrogen-bond donors (Lipinski definition) is 2. The van der Waals surface area contributed by atoms with Crippen molar-refractivity contribution >= 4 is 31.9 Å². The van der Waals surface area contributed by atoms with E-state index in [1.54, 1.807) is 0 Å². The first kappa shape index (κ1) is 16.4. The molecule has 0 saturated carbocycles. The fourth-order valence-electron chi connectivity index (χ4n) is 2.19. The number of hydrogen-bond acceptors (Lipinski definition) is 4. The Bertz CT molecular complexity index is 677. The molecule has 116 valence electrons. The lowest BCUT2D eigenvalue weighted by Crippen LogP contribution is -2.50. The average molecular weight is 377 g/mol. The van der Waals surface area contributed by atoms with E-state index >= 15 is 0 Å². The SMILES string of the molecule is CC1OCCC1(C)NC(=O)c1ccc(Br)c(S(N)(=O)=O)c1. The number of halogens is 1. The van der Waals surface area contributed by atoms with Crippen molar-refractivity contribution in [3.8, 4) is 0 Å². The number of carbonyl (C=O) groups excluding carboxylic acids is 1. The smallest absolute Gasteiger partial charge is 0.251 e. The van der Waals surface area contributed by atoms with Gasteiger partial charge in [0.1, 0.15) is 0 Å². The van der Waals surface area contributed by atoms with Gasteiger partial charge in [-0.25, -0.2) is 13.6 Å². The van der Waals surface area contributed by atoms with Gasteiger partial charge in [-0.15, -0.1) is 0 Å². The van der Waals surface area contributed by atoms with Gasteiger partial charge in [0.25, 0.3) is 5.91 Å². The third-order valence-corrected chi connectivity index (χ3v) is 5.69. The topological polar surface area (TPSA) is 98.5 Å². The lowest BCUT2D eigenvalue weighted by atomic mass is 9.94. The molecular formula is C13H17BrN2O4S. The zero-order chi connectivity index (χ0) is 15.8. The van der Waals surface area contributed by atoms with Gasteiger partial charge < -0.3 is 10.1 Å². The Morgan fingerprint density at radius 3 is 2.71 bits per heavy atom. The summed E-state index contributed by atoms with van der Waals surface area (Å²) < 4.78 is 28.8. The van der Waals surface area contributed by atoms with Crippen LogP contribution in [0.2, 0.25) is 0 Å². The summed E-state index contributed by atoms with van der Waals surface area (Å²) in [5.41, 5.74) is -0.228. The number of primary sulfonamides is 1. The molecule has 21 heavy (non-hydrogen) atoms. The Hall–Kier alpha value is -0.960. The molecule has 1 aliphatic heterocycles. The summed E-state index contributed by atoms with van der Waals surface area (Å²) in [5, 5.41) is 8.03. The molecule has 2 rings (SSSR count). The molecule has 0 aliphatic carbocycles. The van der Waals surface area contributed by atoms with Crippen molar-refractivity contribution in [2.24, 2.45) is 5.14 Å². The minimum absolute atomic E-state index is 0.102. The highest BCUT2D eigenvalue weighted by atomic mass is 79.9. The summed E-state index contributed by atoms with van der Waals surface area (Å²) in [7, 11) is -3.89. The largest absolute Gasteiger partial charge is 0.376 e. The van der Waals surface area contributed by atoms with Crippen molar-refractivity contribution in [1.29, 1.82) is 0 Å². The highest BCUT2D eigenvalue weighted by Crippen LogP contribution is 2.26. The van der Waals surface area contributed by atoms with Crippen LogP contribution in [0.4, 0.5) is 0 Å². The summed E-state index contributed by atoms with van der Waals surface area (Å²) in [6.07, 6.45) is 0.605. The highest BCUT2D eigenvalue weighted by molar-refractivity contribution is 9.10. The molecule has 1 aromatic rings. The molecule has 0 radical (unpaired) electrons. The maximum atomic E-state index is 12.3. The van der Waals surface area contributed by atoms with E-state index in [-0.39, 0.29) is 22.5 Å². The van der Waals surface area contributed by atoms with E-state index in [0.717, 1.165) is 0 Å². The van der Waals surface area contributed by atoms with E-state index in [1.807, 2.05) is 13.8 Å². The minimum atomic E-state index is -3.89. The van der Waals surface area contributed by atoms with E-state index in [1.165, 1.54) is 18.2 Å². The Balaban J connectivity index is 2.29. The first-order chi connectivity index (χ1) is 9.63. The zero-order valence-corrected chi connectivity index (χ0v) is 14.1. The zero-order valence-electron chi connectivity index (χ0n) is 11.7. The van der Waals surface area contributed by atoms with E-state index < -0.39 is 15.6 Å². The number of benzene rings is 1. The van der Waals surface area contributed by atoms with Crippen LogP contribution in [0.25, 0.3) is 0 Å². The van der Waals surface area contributed by atoms with Crippen LogP contribution in [0.1, 0.15) is 30.6 Å². The minimum Gasteiger partial charge on any atom is -0.376 e. The van der Waals surface area contributed by atoms with Crippen molar-refractivity contribution in [2.45, 2.75) is 36.8 Å². The number of nitrogens with one attached hydrogen (secondary N) is 1. The summed E-state index contributed by atoms with van der Waals surface area (Å²) in [6, 6.07) is 4.29. The molecule has 2 atom stereocenters. The van der Waals surface area contributed by atoms with Crippen LogP contribution >= 0.6 is 15.9 Å². The Morgan fingerprint density at radius 2 is 2.19 bits per heavy atom. The fraction of sp³-hybridized carbons (Fsp3) is 0.462. The Labute approximate surface area is 132 Å². The first-order valence-electron chi connectivity index (χ1n) is 6.40. The summed E-state index contributed by atoms with van der Waals surface area (Å²) >= 11 is 3.11. The van der Waals surface area contributed by atoms with E-state index in [9.17, 15) is 13.2 Å². The van der Waals surface area contributed by atoms with Gasteiger partial charge in [-0.3, -0.25) is 4.79 Å². The van der Waals surface area contributed by atoms with Crippen molar-refractivity contribution in [2.75, 3.05) is 6.61 Å². The number of amides is 1. The predicted octanol–water partition coefficient (Wildman–Crippen LogP) is 1.39. The van der Waals surface area contributed by atoms with E-state index in [2.05, 4.69) is 21.2 Å². The highest BCUT2D eigenvalue weighted by Gasteiger charge is 2.38. The molecule has 1 heterocycles. The number of sulfonamides is 1. The number of rotatable bonds is 3. The molecule has 3 N–H and O–H groups in total. The quantitative estimate of drug-likeness (QED) is 0.832. The second-order valence-electron chi connectivity index (χ2n) is 5.32. The van der Waals surface area contributed by atoms with Gasteiger partial charge in [-0.1, -0.05) is 0 Å². The van der Waals surface area contributed by atoms with Crippen molar-refractivity contribution in [3.63, 3.8) is 0 Å². The van der Waals surface area contributed by atoms with Gasteiger partial charge in [0, 0.05) is 16.6 Å². The average Bonchev–Trinajstić information content (AvgIpc) is 2.68. The number of nitrogens with two attached hydrogens (primary N) is 1. The van der Waals surface area contributed by atoms with Crippen LogP contribution in [0.5, 0.6) is 0 Å². The third kappa shape index (κ3) is 3.45. The molecule has 1 amide bonds. The Kier molecular flexibility index (Phi) is 4.44. The molecule has 0 bridgehead atoms. The fourth-order valence-corrected chi connectivity index (χ4v) is 3.75. The van der Waals surface area contributed by atoms with Crippen LogP contribution in [0.3, 0.4) is 0 Å². The van der Waals surface area contributed by atoms with Gasteiger partial charge in [0.2, 0.25) is 10.0 Å². The van der Waals surface area contributed by atoms with E-state index in [4.69, 9.17) is 9.88 Å². The van der Waals surface area contributed by atoms with Crippen LogP contribution in [-0.2, 0) is 14.8 Å². The van der Waals surface area contributed by atoms with E-state index in [0.29, 0.717) is 17.5 Å². The first-order valence-corrected chi connectivity index (χ1v) is 8.74. The lowest BCUT2D eigenvalue weighted by Gasteiger charge is -2.29. The third-order valence-electron chi connectivity index (χ3n) is 3.79. The van der Waals surface area contributed by atoms with Gasteiger partial charge in [-0.05, 0) is 54.4 Å². The normalized spacial score (nSPS) is 25.8. The Morgan fingerprint density at radius 1 is 1.52 bits per heavy atom. The molecule has 6 nitrogen and oxygen atoms in total. The van der Waals surface area contributed by atoms with Gasteiger partial charge in [0.05, 0.1) is 16.5 Å². The standard InChI is InChI=1S/C13H17BrN2O4S/c1-8-13(2,5-6-20-8)16-12(17)9-3-4-10(14)11(7-9)21(15,18)19/h3-4,7-8H,5-6H2,1-2H3,(H,16,17)(H2,15,18,19). The van der Waals surface area contributed by atoms with Crippen LogP contribution in [0, 0.1) is 0 Å². The monoisotopic (exact) mass is 376 g/mol. The lowest BCUT2D eigenvalue weighted by molar-refractivity contribution is 0.0727. The molecular weight excluding hydrogens is 360 g/mol. The van der Waals surface area contributed by atoms with Gasteiger partial charge >= 0.3 is 0 Å². The molecule has 1 saturated heterocycles. The van der Waals surface area contributed by atoms with Crippen LogP contribution in [0.15, 0.2) is 27.6 Å². The van der Waals surface area contributed by atoms with Gasteiger partial charge in [-0.2, -0.15) is 0 Å². The molecule has 8 heteroatoms. The molecule has 1 fully saturated rings. The summed E-state index contributed by atoms with van der Waals surface area (Å²) in [5.74, 6) is -0.354. The van der Waals surface area contributed by atoms with Gasteiger partial charge in [0.15, 0.2) is 0 Å². The summed E-state index contributed by atoms with van der Waals surface area (Å²) in [4.78, 5) is 12.2. The maximum absolute atomic E-state index is 12.3. The van der Waals surface area contributed by atoms with Crippen molar-refractivity contribution in [1.82, 2.24) is 5.32 Å². The molecule has 0 aromatic heterocycles. The number of carbonyl (C=O) groups is 1. The van der Waals surface area contributed by atoms with Crippen molar-refractivity contribution in [3.05, 3.63) is 28.2 Å². The molecule has 2 unspecified atom stereocenters. The predicted molar refractivity (Wildman–Crippen MR) is 81.4 cm³/mol. The van der Waals surface area contributed by atoms with Crippen molar-refractivity contribution < 1.29 is 17.9 Å².